The monoisotopic (exact) mass is 416 g/mol. The molecule has 0 bridgehead atoms. The lowest BCUT2D eigenvalue weighted by Crippen LogP contribution is -2.02. The number of nitrogens with one attached hydrogen (secondary N) is 1. The van der Waals surface area contributed by atoms with Crippen LogP contribution in [0.5, 0.6) is 0 Å². The number of carbonyl (C=O) groups is 1. The number of ether oxygens (including phenoxy) is 1. The predicted octanol–water partition coefficient (Wildman–Crippen LogP) is 5.93. The number of carbonyl (C=O) groups excluding carboxylic acids is 1. The quantitative estimate of drug-likeness (QED) is 0.360. The number of hydrogen-bond donors (Lipinski definition) is 1. The summed E-state index contributed by atoms with van der Waals surface area (Å²) < 4.78 is 11.6. The predicted molar refractivity (Wildman–Crippen MR) is 116 cm³/mol. The fraction of sp³-hybridized carbons (Fsp3) is 0.0833. The second-order valence-corrected chi connectivity index (χ2v) is 7.44. The summed E-state index contributed by atoms with van der Waals surface area (Å²) in [6.45, 7) is 0. The van der Waals surface area contributed by atoms with Crippen LogP contribution >= 0.6 is 11.6 Å². The van der Waals surface area contributed by atoms with E-state index in [2.05, 4.69) is 9.97 Å². The summed E-state index contributed by atoms with van der Waals surface area (Å²) >= 11 is 5.91. The number of H-pyrrole nitrogens is 1. The molecule has 0 radical (unpaired) electrons. The number of methoxy groups -OCH3 is 1. The number of aromatic nitrogens is 2. The Hall–Kier alpha value is -3.41. The van der Waals surface area contributed by atoms with E-state index in [1.807, 2.05) is 36.5 Å². The largest absolute Gasteiger partial charge is 0.453 e. The summed E-state index contributed by atoms with van der Waals surface area (Å²) in [6, 6.07) is 18.2. The van der Waals surface area contributed by atoms with Gasteiger partial charge in [-0.2, -0.15) is 0 Å². The Morgan fingerprint density at radius 2 is 1.97 bits per heavy atom. The Kier molecular flexibility index (Phi) is 4.62. The van der Waals surface area contributed by atoms with Gasteiger partial charge in [0.05, 0.1) is 0 Å². The molecular formula is C24H17ClN2O3. The van der Waals surface area contributed by atoms with Gasteiger partial charge in [-0.25, -0.2) is 4.98 Å². The molecule has 2 aromatic carbocycles. The molecule has 0 aliphatic heterocycles. The van der Waals surface area contributed by atoms with Crippen LogP contribution in [-0.4, -0.2) is 22.9 Å². The van der Waals surface area contributed by atoms with Gasteiger partial charge in [-0.15, -0.1) is 0 Å². The van der Waals surface area contributed by atoms with Crippen molar-refractivity contribution < 1.29 is 13.9 Å². The van der Waals surface area contributed by atoms with Gasteiger partial charge in [0.2, 0.25) is 5.78 Å². The minimum atomic E-state index is -0.280. The molecule has 3 aromatic heterocycles. The van der Waals surface area contributed by atoms with Gasteiger partial charge in [0, 0.05) is 46.4 Å². The van der Waals surface area contributed by atoms with Gasteiger partial charge >= 0.3 is 0 Å². The molecule has 0 fully saturated rings. The standard InChI is InChI=1S/C24H17ClN2O3/c1-29-23(19-13-27-24-18(19)3-2-10-26-24)15-6-9-20-16(11-15)12-21(30-20)22(28)14-4-7-17(25)8-5-14/h2-13,23H,1H3,(H,26,27). The van der Waals surface area contributed by atoms with E-state index in [0.29, 0.717) is 16.2 Å². The van der Waals surface area contributed by atoms with Gasteiger partial charge in [-0.1, -0.05) is 17.7 Å². The number of pyridine rings is 1. The molecule has 6 heteroatoms. The Morgan fingerprint density at radius 3 is 2.77 bits per heavy atom. The van der Waals surface area contributed by atoms with Gasteiger partial charge in [-0.05, 0) is 60.2 Å². The van der Waals surface area contributed by atoms with E-state index in [-0.39, 0.29) is 17.6 Å². The Labute approximate surface area is 177 Å². The topological polar surface area (TPSA) is 68.1 Å². The van der Waals surface area contributed by atoms with Crippen LogP contribution in [0.15, 0.2) is 77.5 Å². The number of aromatic amines is 1. The summed E-state index contributed by atoms with van der Waals surface area (Å²) in [5, 5.41) is 2.43. The minimum absolute atomic E-state index is 0.185. The van der Waals surface area contributed by atoms with Gasteiger partial charge < -0.3 is 14.1 Å². The highest BCUT2D eigenvalue weighted by Gasteiger charge is 2.20. The van der Waals surface area contributed by atoms with Crippen molar-refractivity contribution >= 4 is 39.4 Å². The van der Waals surface area contributed by atoms with Gasteiger partial charge in [0.1, 0.15) is 17.3 Å². The van der Waals surface area contributed by atoms with Gasteiger partial charge in [-0.3, -0.25) is 4.79 Å². The molecule has 0 saturated heterocycles. The summed E-state index contributed by atoms with van der Waals surface area (Å²) in [5.74, 6) is 0.102. The first-order chi connectivity index (χ1) is 14.6. The van der Waals surface area contributed by atoms with Crippen molar-refractivity contribution in [3.05, 3.63) is 101 Å². The second-order valence-electron chi connectivity index (χ2n) is 7.00. The molecule has 5 nitrogen and oxygen atoms in total. The highest BCUT2D eigenvalue weighted by molar-refractivity contribution is 6.30. The smallest absolute Gasteiger partial charge is 0.228 e. The third kappa shape index (κ3) is 3.18. The zero-order chi connectivity index (χ0) is 20.7. The van der Waals surface area contributed by atoms with Crippen LogP contribution in [0.2, 0.25) is 5.02 Å². The SMILES string of the molecule is COC(c1ccc2oc(C(=O)c3ccc(Cl)cc3)cc2c1)c1c[nH]c2ncccc12. The van der Waals surface area contributed by atoms with Crippen molar-refractivity contribution in [3.63, 3.8) is 0 Å². The van der Waals surface area contributed by atoms with E-state index < -0.39 is 0 Å². The molecular weight excluding hydrogens is 400 g/mol. The first kappa shape index (κ1) is 18.6. The lowest BCUT2D eigenvalue weighted by molar-refractivity contribution is 0.101. The molecule has 0 aliphatic rings. The van der Waals surface area contributed by atoms with Crippen LogP contribution in [0, 0.1) is 0 Å². The molecule has 0 aliphatic carbocycles. The highest BCUT2D eigenvalue weighted by atomic mass is 35.5. The number of halogens is 1. The molecule has 30 heavy (non-hydrogen) atoms. The van der Waals surface area contributed by atoms with Crippen LogP contribution in [0.4, 0.5) is 0 Å². The van der Waals surface area contributed by atoms with Crippen LogP contribution in [0.3, 0.4) is 0 Å². The maximum Gasteiger partial charge on any atom is 0.228 e. The first-order valence-electron chi connectivity index (χ1n) is 9.42. The normalized spacial score (nSPS) is 12.5. The number of rotatable bonds is 5. The minimum Gasteiger partial charge on any atom is -0.453 e. The fourth-order valence-electron chi connectivity index (χ4n) is 3.72. The molecule has 1 unspecified atom stereocenters. The van der Waals surface area contributed by atoms with Crippen molar-refractivity contribution in [2.24, 2.45) is 0 Å². The molecule has 3 heterocycles. The third-order valence-electron chi connectivity index (χ3n) is 5.17. The van der Waals surface area contributed by atoms with Crippen LogP contribution in [0.1, 0.15) is 33.3 Å². The van der Waals surface area contributed by atoms with Crippen LogP contribution < -0.4 is 0 Å². The summed E-state index contributed by atoms with van der Waals surface area (Å²) in [7, 11) is 1.68. The molecule has 1 N–H and O–H groups in total. The molecule has 1 atom stereocenters. The maximum absolute atomic E-state index is 12.8. The lowest BCUT2D eigenvalue weighted by Gasteiger charge is -2.15. The summed E-state index contributed by atoms with van der Waals surface area (Å²) in [5.41, 5.74) is 3.95. The zero-order valence-corrected chi connectivity index (χ0v) is 16.8. The van der Waals surface area contributed by atoms with E-state index in [1.165, 1.54) is 0 Å². The van der Waals surface area contributed by atoms with Gasteiger partial charge in [0.25, 0.3) is 0 Å². The van der Waals surface area contributed by atoms with E-state index in [1.54, 1.807) is 43.6 Å². The van der Waals surface area contributed by atoms with Crippen molar-refractivity contribution in [3.8, 4) is 0 Å². The van der Waals surface area contributed by atoms with E-state index in [4.69, 9.17) is 20.8 Å². The van der Waals surface area contributed by atoms with E-state index >= 15 is 0 Å². The Balaban J connectivity index is 1.53. The van der Waals surface area contributed by atoms with E-state index in [0.717, 1.165) is 27.5 Å². The summed E-state index contributed by atoms with van der Waals surface area (Å²) in [6.07, 6.45) is 3.39. The Morgan fingerprint density at radius 1 is 1.13 bits per heavy atom. The number of ketones is 1. The molecule has 0 spiro atoms. The maximum atomic E-state index is 12.8. The number of nitrogens with zero attached hydrogens (tertiary/aromatic N) is 1. The molecule has 0 amide bonds. The Bertz CT molecular complexity index is 1370. The number of benzene rings is 2. The van der Waals surface area contributed by atoms with Crippen molar-refractivity contribution in [2.45, 2.75) is 6.10 Å². The van der Waals surface area contributed by atoms with Crippen molar-refractivity contribution in [2.75, 3.05) is 7.11 Å². The summed E-state index contributed by atoms with van der Waals surface area (Å²) in [4.78, 5) is 20.3. The third-order valence-corrected chi connectivity index (χ3v) is 5.43. The average Bonchev–Trinajstić information content (AvgIpc) is 3.39. The molecule has 5 aromatic rings. The molecule has 148 valence electrons. The molecule has 0 saturated carbocycles. The van der Waals surface area contributed by atoms with Crippen molar-refractivity contribution in [1.82, 2.24) is 9.97 Å². The second kappa shape index (κ2) is 7.44. The highest BCUT2D eigenvalue weighted by Crippen LogP contribution is 2.33. The van der Waals surface area contributed by atoms with Crippen molar-refractivity contribution in [1.29, 1.82) is 0 Å². The number of hydrogen-bond acceptors (Lipinski definition) is 4. The van der Waals surface area contributed by atoms with Gasteiger partial charge in [0.15, 0.2) is 5.76 Å². The number of fused-ring (bicyclic) bond motifs is 2. The van der Waals surface area contributed by atoms with Crippen LogP contribution in [0.25, 0.3) is 22.0 Å². The van der Waals surface area contributed by atoms with E-state index in [9.17, 15) is 4.79 Å². The average molecular weight is 417 g/mol. The van der Waals surface area contributed by atoms with Crippen LogP contribution in [-0.2, 0) is 4.74 Å². The fourth-order valence-corrected chi connectivity index (χ4v) is 3.84. The molecule has 5 rings (SSSR count). The lowest BCUT2D eigenvalue weighted by atomic mass is 10.00. The zero-order valence-electron chi connectivity index (χ0n) is 16.1. The first-order valence-corrected chi connectivity index (χ1v) is 9.80. The number of furan rings is 1.